The van der Waals surface area contributed by atoms with Crippen molar-refractivity contribution in [1.29, 1.82) is 0 Å². The van der Waals surface area contributed by atoms with Crippen LogP contribution in [0.3, 0.4) is 0 Å². The third-order valence-electron chi connectivity index (χ3n) is 9.75. The van der Waals surface area contributed by atoms with Gasteiger partial charge in [-0.1, -0.05) is 68.8 Å². The monoisotopic (exact) mass is 869 g/mol. The first-order valence-electron chi connectivity index (χ1n) is 17.3. The van der Waals surface area contributed by atoms with E-state index >= 15 is 0 Å². The molecule has 0 amide bonds. The maximum Gasteiger partial charge on any atom is 0.137 e. The standard InChI is InChI=1S/C45H32N5O2.Pt/c1-45(2,3)29-22-24-46-42(25-29)50-36-15-6-4-13-33(36)34-21-20-32(27-39(34)50)51-31-12-8-11-30(26-31)48-28-49(44-38(48)17-10-23-47-44)37-16-9-19-41-43(37)35-14-5-7-18-40(35)52-41;/h4-25,28H,1-3H3;/q-3;. The normalized spacial score (nSPS) is 12.9. The number of para-hydroxylation sites is 2. The summed E-state index contributed by atoms with van der Waals surface area (Å²) in [5.41, 5.74) is 7.58. The Morgan fingerprint density at radius 2 is 1.43 bits per heavy atom. The molecular formula is C45H32N5O2Pt-3. The van der Waals surface area contributed by atoms with E-state index in [1.54, 1.807) is 0 Å². The van der Waals surface area contributed by atoms with Gasteiger partial charge in [-0.25, -0.2) is 9.97 Å². The van der Waals surface area contributed by atoms with Crippen LogP contribution >= 0.6 is 0 Å². The Labute approximate surface area is 321 Å². The Morgan fingerprint density at radius 3 is 2.32 bits per heavy atom. The van der Waals surface area contributed by atoms with Crippen LogP contribution in [0.5, 0.6) is 11.5 Å². The summed E-state index contributed by atoms with van der Waals surface area (Å²) in [5.74, 6) is 2.82. The Bertz CT molecular complexity index is 2830. The zero-order chi connectivity index (χ0) is 35.0. The van der Waals surface area contributed by atoms with Crippen LogP contribution in [-0.4, -0.2) is 14.5 Å². The smallest absolute Gasteiger partial charge is 0.137 e. The van der Waals surface area contributed by atoms with Gasteiger partial charge in [0.15, 0.2) is 0 Å². The Hall–Kier alpha value is -5.91. The molecule has 5 heterocycles. The fourth-order valence-corrected chi connectivity index (χ4v) is 7.25. The zero-order valence-electron chi connectivity index (χ0n) is 29.1. The summed E-state index contributed by atoms with van der Waals surface area (Å²) in [6.45, 7) is 8.71. The maximum atomic E-state index is 6.52. The molecule has 0 fully saturated rings. The van der Waals surface area contributed by atoms with Crippen molar-refractivity contribution in [2.24, 2.45) is 0 Å². The second-order valence-electron chi connectivity index (χ2n) is 14.0. The van der Waals surface area contributed by atoms with E-state index in [1.807, 2.05) is 73.1 Å². The molecule has 0 atom stereocenters. The van der Waals surface area contributed by atoms with E-state index in [9.17, 15) is 0 Å². The maximum absolute atomic E-state index is 6.52. The van der Waals surface area contributed by atoms with E-state index in [0.717, 1.165) is 72.4 Å². The van der Waals surface area contributed by atoms with Crippen molar-refractivity contribution in [3.8, 4) is 17.3 Å². The van der Waals surface area contributed by atoms with Crippen molar-refractivity contribution in [2.45, 2.75) is 26.2 Å². The molecule has 8 heteroatoms. The first-order chi connectivity index (χ1) is 25.4. The van der Waals surface area contributed by atoms with Gasteiger partial charge in [0.2, 0.25) is 0 Å². The van der Waals surface area contributed by atoms with Gasteiger partial charge in [0.05, 0.1) is 5.69 Å². The molecule has 53 heavy (non-hydrogen) atoms. The van der Waals surface area contributed by atoms with Crippen molar-refractivity contribution in [1.82, 2.24) is 14.5 Å². The minimum Gasteiger partial charge on any atom is -0.509 e. The summed E-state index contributed by atoms with van der Waals surface area (Å²) >= 11 is 0. The Balaban J connectivity index is 0.00000372. The summed E-state index contributed by atoms with van der Waals surface area (Å²) in [7, 11) is 0. The van der Waals surface area contributed by atoms with E-state index in [4.69, 9.17) is 19.1 Å². The van der Waals surface area contributed by atoms with Crippen molar-refractivity contribution in [2.75, 3.05) is 9.80 Å². The molecule has 4 aromatic heterocycles. The summed E-state index contributed by atoms with van der Waals surface area (Å²) in [4.78, 5) is 13.8. The van der Waals surface area contributed by atoms with Gasteiger partial charge >= 0.3 is 0 Å². The topological polar surface area (TPSA) is 59.6 Å². The molecule has 1 aliphatic heterocycles. The van der Waals surface area contributed by atoms with E-state index in [2.05, 4.69) is 115 Å². The second-order valence-corrected chi connectivity index (χ2v) is 14.0. The summed E-state index contributed by atoms with van der Waals surface area (Å²) in [5, 5.41) is 4.32. The van der Waals surface area contributed by atoms with Gasteiger partial charge in [-0.3, -0.25) is 0 Å². The van der Waals surface area contributed by atoms with Gasteiger partial charge in [0.25, 0.3) is 0 Å². The number of rotatable bonds is 5. The predicted molar refractivity (Wildman–Crippen MR) is 208 cm³/mol. The van der Waals surface area contributed by atoms with Crippen molar-refractivity contribution < 1.29 is 30.2 Å². The summed E-state index contributed by atoms with van der Waals surface area (Å²) in [6, 6.07) is 48.0. The first-order valence-corrected chi connectivity index (χ1v) is 17.3. The van der Waals surface area contributed by atoms with Crippen molar-refractivity contribution in [3.63, 3.8) is 0 Å². The van der Waals surface area contributed by atoms with Crippen LogP contribution in [0.4, 0.5) is 22.9 Å². The average Bonchev–Trinajstić information content (AvgIpc) is 3.84. The molecular weight excluding hydrogens is 838 g/mol. The fraction of sp³-hybridized carbons (Fsp3) is 0.0889. The second kappa shape index (κ2) is 12.6. The number of furan rings is 1. The molecule has 9 aromatic rings. The molecule has 0 N–H and O–H groups in total. The van der Waals surface area contributed by atoms with Crippen molar-refractivity contribution in [3.05, 3.63) is 158 Å². The molecule has 7 nitrogen and oxygen atoms in total. The SMILES string of the molecule is CC(C)(C)c1ccnc(-n2c3[c-]c(Oc4[c-]c(N5[CH-]N(c6cccc7oc8ccccc8c67)c6ncccc65)ccc4)ccc3c3ccccc32)c1.[Pt]. The van der Waals surface area contributed by atoms with Crippen LogP contribution < -0.4 is 14.5 Å². The summed E-state index contributed by atoms with van der Waals surface area (Å²) < 4.78 is 14.9. The van der Waals surface area contributed by atoms with E-state index < -0.39 is 0 Å². The number of nitrogens with zero attached hydrogens (tertiary/aromatic N) is 5. The molecule has 262 valence electrons. The number of hydrogen-bond donors (Lipinski definition) is 0. The van der Waals surface area contributed by atoms with Crippen LogP contribution in [0, 0.1) is 18.8 Å². The van der Waals surface area contributed by atoms with Gasteiger partial charge in [-0.15, -0.1) is 48.1 Å². The van der Waals surface area contributed by atoms with E-state index in [0.29, 0.717) is 11.5 Å². The molecule has 5 aromatic carbocycles. The van der Waals surface area contributed by atoms with Crippen LogP contribution in [0.25, 0.3) is 49.6 Å². The van der Waals surface area contributed by atoms with Gasteiger partial charge in [-0.2, -0.15) is 12.1 Å². The van der Waals surface area contributed by atoms with E-state index in [1.165, 1.54) is 5.56 Å². The molecule has 0 aliphatic carbocycles. The van der Waals surface area contributed by atoms with Crippen LogP contribution in [0.15, 0.2) is 138 Å². The van der Waals surface area contributed by atoms with E-state index in [-0.39, 0.29) is 26.5 Å². The summed E-state index contributed by atoms with van der Waals surface area (Å²) in [6.07, 6.45) is 3.71. The first kappa shape index (κ1) is 33.0. The van der Waals surface area contributed by atoms with Gasteiger partial charge in [0.1, 0.15) is 22.8 Å². The number of hydrogen-bond acceptors (Lipinski definition) is 6. The predicted octanol–water partition coefficient (Wildman–Crippen LogP) is 11.6. The molecule has 1 aliphatic rings. The Kier molecular flexibility index (Phi) is 7.86. The van der Waals surface area contributed by atoms with Gasteiger partial charge in [0, 0.05) is 66.9 Å². The minimum absolute atomic E-state index is 0. The van der Waals surface area contributed by atoms with Crippen LogP contribution in [-0.2, 0) is 26.5 Å². The molecule has 0 bridgehead atoms. The van der Waals surface area contributed by atoms with Gasteiger partial charge < -0.3 is 23.5 Å². The van der Waals surface area contributed by atoms with Crippen LogP contribution in [0.2, 0.25) is 0 Å². The third-order valence-corrected chi connectivity index (χ3v) is 9.75. The number of fused-ring (bicyclic) bond motifs is 7. The molecule has 0 saturated heterocycles. The number of pyridine rings is 2. The average molecular weight is 870 g/mol. The fourth-order valence-electron chi connectivity index (χ4n) is 7.25. The molecule has 0 spiro atoms. The Morgan fingerprint density at radius 1 is 0.660 bits per heavy atom. The quantitative estimate of drug-likeness (QED) is 0.161. The molecule has 0 saturated carbocycles. The number of ether oxygens (including phenoxy) is 1. The van der Waals surface area contributed by atoms with Gasteiger partial charge in [-0.05, 0) is 64.9 Å². The zero-order valence-corrected chi connectivity index (χ0v) is 31.4. The van der Waals surface area contributed by atoms with Crippen molar-refractivity contribution >= 4 is 66.6 Å². The third kappa shape index (κ3) is 5.46. The minimum atomic E-state index is -0.0172. The molecule has 0 radical (unpaired) electrons. The van der Waals surface area contributed by atoms with Crippen LogP contribution in [0.1, 0.15) is 26.3 Å². The molecule has 10 rings (SSSR count). The number of anilines is 4. The number of aromatic nitrogens is 3. The molecule has 0 unspecified atom stereocenters. The largest absolute Gasteiger partial charge is 0.509 e. The number of benzene rings is 5.